The van der Waals surface area contributed by atoms with E-state index in [2.05, 4.69) is 41.9 Å². The highest BCUT2D eigenvalue weighted by Gasteiger charge is 1.98. The van der Waals surface area contributed by atoms with Gasteiger partial charge in [-0.1, -0.05) is 0 Å². The maximum Gasteiger partial charge on any atom is 0.321 e. The Kier molecular flexibility index (Phi) is 8.96. The molecule has 0 aliphatic heterocycles. The first-order valence-corrected chi connectivity index (χ1v) is 6.40. The first-order valence-electron chi connectivity index (χ1n) is 5.50. The largest absolute Gasteiger partial charge is 0.390 e. The van der Waals surface area contributed by atoms with Gasteiger partial charge < -0.3 is 13.7 Å². The van der Waals surface area contributed by atoms with Crippen LogP contribution in [0.15, 0.2) is 0 Å². The van der Waals surface area contributed by atoms with E-state index in [0.29, 0.717) is 0 Å². The molecule has 0 unspecified atom stereocenters. The minimum Gasteiger partial charge on any atom is -0.390 e. The molecule has 0 N–H and O–H groups in total. The summed E-state index contributed by atoms with van der Waals surface area (Å²) in [5.41, 5.74) is 0. The molecule has 4 heteroatoms. The van der Waals surface area contributed by atoms with Crippen molar-refractivity contribution in [3.63, 3.8) is 0 Å². The van der Waals surface area contributed by atoms with Gasteiger partial charge in [0.1, 0.15) is 0 Å². The molecular weight excluding hydrogens is 189 g/mol. The topological polar surface area (TPSA) is 9.72 Å². The fourth-order valence-electron chi connectivity index (χ4n) is 1.43. The average molecular weight is 215 g/mol. The SMILES string of the molecule is CN(C)CCC[N]([AlH2])CCCN(C)C. The Bertz CT molecular complexity index is 115. The van der Waals surface area contributed by atoms with E-state index in [4.69, 9.17) is 0 Å². The maximum absolute atomic E-state index is 2.56. The van der Waals surface area contributed by atoms with Crippen molar-refractivity contribution >= 4 is 16.5 Å². The lowest BCUT2D eigenvalue weighted by atomic mass is 10.3. The lowest BCUT2D eigenvalue weighted by Gasteiger charge is -2.20. The molecule has 0 radical (unpaired) electrons. The van der Waals surface area contributed by atoms with Gasteiger partial charge in [-0.3, -0.25) is 0 Å². The zero-order valence-electron chi connectivity index (χ0n) is 10.6. The third kappa shape index (κ3) is 10.5. The third-order valence-electron chi connectivity index (χ3n) is 2.29. The van der Waals surface area contributed by atoms with Crippen LogP contribution in [0.1, 0.15) is 12.8 Å². The molecule has 0 aromatic carbocycles. The van der Waals surface area contributed by atoms with E-state index < -0.39 is 0 Å². The highest BCUT2D eigenvalue weighted by atomic mass is 27.1. The van der Waals surface area contributed by atoms with Crippen LogP contribution in [-0.4, -0.2) is 84.6 Å². The van der Waals surface area contributed by atoms with Gasteiger partial charge in [-0.25, -0.2) is 0 Å². The maximum atomic E-state index is 2.56. The molecule has 0 heterocycles. The predicted molar refractivity (Wildman–Crippen MR) is 66.5 cm³/mol. The molecular formula is C10H26AlN3. The van der Waals surface area contributed by atoms with Crippen molar-refractivity contribution in [1.82, 2.24) is 13.7 Å². The van der Waals surface area contributed by atoms with Gasteiger partial charge in [-0.15, -0.1) is 0 Å². The van der Waals surface area contributed by atoms with E-state index >= 15 is 0 Å². The lowest BCUT2D eigenvalue weighted by molar-refractivity contribution is 0.336. The minimum absolute atomic E-state index is 1.21. The smallest absolute Gasteiger partial charge is 0.321 e. The Morgan fingerprint density at radius 3 is 1.36 bits per heavy atom. The fourth-order valence-corrected chi connectivity index (χ4v) is 2.06. The van der Waals surface area contributed by atoms with Crippen molar-refractivity contribution < 1.29 is 0 Å². The third-order valence-corrected chi connectivity index (χ3v) is 3.18. The molecule has 0 aliphatic carbocycles. The molecule has 0 fully saturated rings. The summed E-state index contributed by atoms with van der Waals surface area (Å²) in [6.45, 7) is 4.98. The highest BCUT2D eigenvalue weighted by Crippen LogP contribution is 1.92. The number of hydrogen-bond acceptors (Lipinski definition) is 3. The van der Waals surface area contributed by atoms with Crippen LogP contribution in [0.4, 0.5) is 0 Å². The second-order valence-electron chi connectivity index (χ2n) is 4.62. The molecule has 14 heavy (non-hydrogen) atoms. The Hall–Kier alpha value is 0.412. The fraction of sp³-hybridized carbons (Fsp3) is 1.00. The monoisotopic (exact) mass is 215 g/mol. The minimum atomic E-state index is 1.21. The molecule has 0 aromatic rings. The normalized spacial score (nSPS) is 11.9. The van der Waals surface area contributed by atoms with E-state index in [0.717, 1.165) is 0 Å². The molecule has 0 aromatic heterocycles. The summed E-state index contributed by atoms with van der Waals surface area (Å²) >= 11 is 1.21. The summed E-state index contributed by atoms with van der Waals surface area (Å²) in [6.07, 6.45) is 2.61. The van der Waals surface area contributed by atoms with Crippen molar-refractivity contribution in [3.05, 3.63) is 0 Å². The van der Waals surface area contributed by atoms with Gasteiger partial charge in [-0.05, 0) is 67.2 Å². The summed E-state index contributed by atoms with van der Waals surface area (Å²) in [4.78, 5) is 4.52. The van der Waals surface area contributed by atoms with Gasteiger partial charge in [0.25, 0.3) is 0 Å². The molecule has 0 saturated heterocycles. The summed E-state index contributed by atoms with van der Waals surface area (Å²) in [7, 11) is 8.57. The quantitative estimate of drug-likeness (QED) is 0.517. The second kappa shape index (κ2) is 8.70. The Morgan fingerprint density at radius 1 is 0.714 bits per heavy atom. The second-order valence-corrected chi connectivity index (χ2v) is 5.88. The van der Waals surface area contributed by atoms with Crippen LogP contribution < -0.4 is 0 Å². The first kappa shape index (κ1) is 14.4. The standard InChI is InChI=1S/C10H24N3.Al.2H/c1-12(2)9-5-7-11-8-6-10-13(3)4;;;/h5-10H2,1-4H3;;;/q-1;+1;;. The Morgan fingerprint density at radius 2 is 1.07 bits per heavy atom. The Balaban J connectivity index is 3.23. The molecule has 3 nitrogen and oxygen atoms in total. The van der Waals surface area contributed by atoms with Gasteiger partial charge in [0.05, 0.1) is 0 Å². The molecule has 0 atom stereocenters. The van der Waals surface area contributed by atoms with Crippen molar-refractivity contribution in [2.45, 2.75) is 12.8 Å². The van der Waals surface area contributed by atoms with Crippen molar-refractivity contribution in [1.29, 1.82) is 0 Å². The van der Waals surface area contributed by atoms with Crippen LogP contribution in [0.5, 0.6) is 0 Å². The molecule has 0 spiro atoms. The summed E-state index contributed by atoms with van der Waals surface area (Å²) < 4.78 is 2.56. The average Bonchev–Trinajstić information content (AvgIpc) is 2.02. The van der Waals surface area contributed by atoms with Crippen molar-refractivity contribution in [2.24, 2.45) is 0 Å². The van der Waals surface area contributed by atoms with Gasteiger partial charge >= 0.3 is 16.5 Å². The van der Waals surface area contributed by atoms with E-state index in [1.807, 2.05) is 0 Å². The molecule has 0 saturated carbocycles. The highest BCUT2D eigenvalue weighted by molar-refractivity contribution is 6.04. The summed E-state index contributed by atoms with van der Waals surface area (Å²) in [6, 6.07) is 0. The van der Waals surface area contributed by atoms with Gasteiger partial charge in [0.2, 0.25) is 0 Å². The number of nitrogens with zero attached hydrogens (tertiary/aromatic N) is 3. The van der Waals surface area contributed by atoms with Crippen LogP contribution in [0, 0.1) is 0 Å². The molecule has 84 valence electrons. The molecule has 0 aliphatic rings. The van der Waals surface area contributed by atoms with Crippen LogP contribution in [0.25, 0.3) is 0 Å². The van der Waals surface area contributed by atoms with Gasteiger partial charge in [0, 0.05) is 0 Å². The number of rotatable bonds is 8. The van der Waals surface area contributed by atoms with E-state index in [1.165, 1.54) is 55.5 Å². The van der Waals surface area contributed by atoms with Crippen LogP contribution in [0.2, 0.25) is 0 Å². The zero-order chi connectivity index (χ0) is 11.0. The van der Waals surface area contributed by atoms with Gasteiger partial charge in [0.15, 0.2) is 0 Å². The van der Waals surface area contributed by atoms with Crippen molar-refractivity contribution in [3.8, 4) is 0 Å². The predicted octanol–water partition coefficient (Wildman–Crippen LogP) is -0.260. The summed E-state index contributed by atoms with van der Waals surface area (Å²) in [5.74, 6) is 0. The van der Waals surface area contributed by atoms with Gasteiger partial charge in [-0.2, -0.15) is 0 Å². The Labute approximate surface area is 97.7 Å². The lowest BCUT2D eigenvalue weighted by Crippen LogP contribution is -2.28. The zero-order valence-corrected chi connectivity index (χ0v) is 12.6. The molecule has 0 rings (SSSR count). The molecule has 0 amide bonds. The van der Waals surface area contributed by atoms with Crippen LogP contribution >= 0.6 is 0 Å². The first-order chi connectivity index (χ1) is 6.52. The summed E-state index contributed by atoms with van der Waals surface area (Å²) in [5, 5.41) is 0. The van der Waals surface area contributed by atoms with E-state index in [1.54, 1.807) is 0 Å². The molecule has 0 bridgehead atoms. The van der Waals surface area contributed by atoms with Crippen molar-refractivity contribution in [2.75, 3.05) is 54.4 Å². The van der Waals surface area contributed by atoms with E-state index in [-0.39, 0.29) is 0 Å². The van der Waals surface area contributed by atoms with Crippen LogP contribution in [-0.2, 0) is 0 Å². The van der Waals surface area contributed by atoms with E-state index in [9.17, 15) is 0 Å². The number of hydrogen-bond donors (Lipinski definition) is 0. The van der Waals surface area contributed by atoms with Crippen LogP contribution in [0.3, 0.4) is 0 Å².